The molecule has 5 nitrogen and oxygen atoms in total. The monoisotopic (exact) mass is 256 g/mol. The first kappa shape index (κ1) is 13.8. The van der Waals surface area contributed by atoms with E-state index in [1.165, 1.54) is 12.8 Å². The van der Waals surface area contributed by atoms with Crippen molar-refractivity contribution >= 4 is 5.91 Å². The minimum Gasteiger partial charge on any atom is -0.381 e. The van der Waals surface area contributed by atoms with E-state index in [4.69, 9.17) is 15.2 Å². The van der Waals surface area contributed by atoms with Gasteiger partial charge in [-0.15, -0.1) is 0 Å². The van der Waals surface area contributed by atoms with Crippen LogP contribution in [0.5, 0.6) is 0 Å². The fourth-order valence-electron chi connectivity index (χ4n) is 2.04. The van der Waals surface area contributed by atoms with E-state index in [1.807, 2.05) is 6.92 Å². The summed E-state index contributed by atoms with van der Waals surface area (Å²) in [6, 6.07) is -0.205. The molecule has 1 saturated carbocycles. The van der Waals surface area contributed by atoms with Gasteiger partial charge in [0.2, 0.25) is 5.91 Å². The van der Waals surface area contributed by atoms with Crippen LogP contribution >= 0.6 is 0 Å². The quantitative estimate of drug-likeness (QED) is 0.642. The number of carbonyl (C=O) groups excluding carboxylic acids is 1. The molecule has 0 aromatic heterocycles. The smallest absolute Gasteiger partial charge is 0.229 e. The molecule has 104 valence electrons. The fraction of sp³-hybridized carbons (Fsp3) is 0.923. The van der Waals surface area contributed by atoms with E-state index in [0.29, 0.717) is 19.8 Å². The Morgan fingerprint density at radius 3 is 2.94 bits per heavy atom. The predicted octanol–water partition coefficient (Wildman–Crippen LogP) is 0.283. The number of hydrogen-bond donors (Lipinski definition) is 2. The molecule has 1 aliphatic carbocycles. The first-order valence-electron chi connectivity index (χ1n) is 6.82. The van der Waals surface area contributed by atoms with Gasteiger partial charge in [-0.1, -0.05) is 0 Å². The van der Waals surface area contributed by atoms with Crippen molar-refractivity contribution in [1.82, 2.24) is 5.32 Å². The van der Waals surface area contributed by atoms with Crippen molar-refractivity contribution in [2.75, 3.05) is 33.0 Å². The van der Waals surface area contributed by atoms with Gasteiger partial charge < -0.3 is 20.5 Å². The second kappa shape index (κ2) is 5.99. The molecule has 1 amide bonds. The number of ether oxygens (including phenoxy) is 2. The molecule has 1 saturated heterocycles. The zero-order valence-corrected chi connectivity index (χ0v) is 11.1. The van der Waals surface area contributed by atoms with Crippen molar-refractivity contribution in [1.29, 1.82) is 0 Å². The third-order valence-corrected chi connectivity index (χ3v) is 3.84. The lowest BCUT2D eigenvalue weighted by molar-refractivity contribution is -0.130. The molecular weight excluding hydrogens is 232 g/mol. The molecule has 2 rings (SSSR count). The Kier molecular flexibility index (Phi) is 4.59. The van der Waals surface area contributed by atoms with Crippen molar-refractivity contribution in [2.24, 2.45) is 17.1 Å². The molecule has 5 heteroatoms. The van der Waals surface area contributed by atoms with Gasteiger partial charge in [0, 0.05) is 25.8 Å². The highest BCUT2D eigenvalue weighted by atomic mass is 16.5. The van der Waals surface area contributed by atoms with Gasteiger partial charge in [-0.05, 0) is 32.1 Å². The summed E-state index contributed by atoms with van der Waals surface area (Å²) in [6.45, 7) is 4.99. The van der Waals surface area contributed by atoms with Crippen LogP contribution in [0.15, 0.2) is 0 Å². The third kappa shape index (κ3) is 3.43. The molecule has 3 N–H and O–H groups in total. The standard InChI is InChI=1S/C13H24N2O3/c1-13(9-18-8-11(13)14)12(16)15-5-2-6-17-7-10-3-4-10/h10-11H,2-9,14H2,1H3,(H,15,16). The maximum atomic E-state index is 12.0. The lowest BCUT2D eigenvalue weighted by atomic mass is 9.85. The van der Waals surface area contributed by atoms with Crippen molar-refractivity contribution < 1.29 is 14.3 Å². The number of amides is 1. The van der Waals surface area contributed by atoms with Crippen LogP contribution in [0.3, 0.4) is 0 Å². The van der Waals surface area contributed by atoms with Gasteiger partial charge in [-0.25, -0.2) is 0 Å². The van der Waals surface area contributed by atoms with E-state index in [1.54, 1.807) is 0 Å². The Morgan fingerprint density at radius 1 is 1.56 bits per heavy atom. The molecule has 0 bridgehead atoms. The molecule has 2 aliphatic rings. The molecule has 1 aliphatic heterocycles. The topological polar surface area (TPSA) is 73.6 Å². The molecule has 0 aromatic carbocycles. The molecule has 2 unspecified atom stereocenters. The molecule has 2 fully saturated rings. The Bertz CT molecular complexity index is 294. The van der Waals surface area contributed by atoms with Gasteiger partial charge in [0.1, 0.15) is 0 Å². The molecule has 18 heavy (non-hydrogen) atoms. The summed E-state index contributed by atoms with van der Waals surface area (Å²) < 4.78 is 10.8. The average molecular weight is 256 g/mol. The number of rotatable bonds is 7. The van der Waals surface area contributed by atoms with E-state index < -0.39 is 5.41 Å². The SMILES string of the molecule is CC1(C(=O)NCCCOCC2CC2)COCC1N. The first-order chi connectivity index (χ1) is 8.63. The summed E-state index contributed by atoms with van der Waals surface area (Å²) in [4.78, 5) is 12.0. The van der Waals surface area contributed by atoms with Crippen LogP contribution in [0.1, 0.15) is 26.2 Å². The van der Waals surface area contributed by atoms with E-state index in [9.17, 15) is 4.79 Å². The summed E-state index contributed by atoms with van der Waals surface area (Å²) >= 11 is 0. The van der Waals surface area contributed by atoms with Crippen LogP contribution in [-0.2, 0) is 14.3 Å². The Hall–Kier alpha value is -0.650. The molecule has 2 atom stereocenters. The first-order valence-corrected chi connectivity index (χ1v) is 6.82. The van der Waals surface area contributed by atoms with E-state index >= 15 is 0 Å². The van der Waals surface area contributed by atoms with Gasteiger partial charge in [0.05, 0.1) is 18.6 Å². The van der Waals surface area contributed by atoms with Gasteiger partial charge >= 0.3 is 0 Å². The maximum Gasteiger partial charge on any atom is 0.229 e. The van der Waals surface area contributed by atoms with Gasteiger partial charge in [0.25, 0.3) is 0 Å². The van der Waals surface area contributed by atoms with Crippen LogP contribution in [-0.4, -0.2) is 44.9 Å². The Balaban J connectivity index is 1.56. The Morgan fingerprint density at radius 2 is 2.33 bits per heavy atom. The van der Waals surface area contributed by atoms with E-state index in [0.717, 1.165) is 25.6 Å². The molecule has 0 radical (unpaired) electrons. The minimum absolute atomic E-state index is 0.00491. The van der Waals surface area contributed by atoms with Crippen molar-refractivity contribution in [3.8, 4) is 0 Å². The number of nitrogens with one attached hydrogen (secondary N) is 1. The largest absolute Gasteiger partial charge is 0.381 e. The van der Waals surface area contributed by atoms with E-state index in [2.05, 4.69) is 5.32 Å². The summed E-state index contributed by atoms with van der Waals surface area (Å²) in [5.74, 6) is 0.793. The van der Waals surface area contributed by atoms with Gasteiger partial charge in [-0.3, -0.25) is 4.79 Å². The van der Waals surface area contributed by atoms with Gasteiger partial charge in [-0.2, -0.15) is 0 Å². The molecule has 1 heterocycles. The van der Waals surface area contributed by atoms with Crippen LogP contribution < -0.4 is 11.1 Å². The average Bonchev–Trinajstić information content (AvgIpc) is 3.11. The molecule has 0 spiro atoms. The number of carbonyl (C=O) groups is 1. The third-order valence-electron chi connectivity index (χ3n) is 3.84. The van der Waals surface area contributed by atoms with Crippen LogP contribution in [0.4, 0.5) is 0 Å². The zero-order chi connectivity index (χ0) is 13.0. The van der Waals surface area contributed by atoms with Crippen LogP contribution in [0, 0.1) is 11.3 Å². The molecule has 0 aromatic rings. The fourth-order valence-corrected chi connectivity index (χ4v) is 2.04. The molecular formula is C13H24N2O3. The van der Waals surface area contributed by atoms with Gasteiger partial charge in [0.15, 0.2) is 0 Å². The summed E-state index contributed by atoms with van der Waals surface area (Å²) in [6.07, 6.45) is 3.48. The predicted molar refractivity (Wildman–Crippen MR) is 68.1 cm³/mol. The highest BCUT2D eigenvalue weighted by Crippen LogP contribution is 2.29. The lowest BCUT2D eigenvalue weighted by Crippen LogP contribution is -2.50. The zero-order valence-electron chi connectivity index (χ0n) is 11.1. The Labute approximate surface area is 108 Å². The second-order valence-corrected chi connectivity index (χ2v) is 5.67. The number of nitrogens with two attached hydrogens (primary N) is 1. The van der Waals surface area contributed by atoms with Crippen LogP contribution in [0.2, 0.25) is 0 Å². The lowest BCUT2D eigenvalue weighted by Gasteiger charge is -2.25. The summed E-state index contributed by atoms with van der Waals surface area (Å²) in [5.41, 5.74) is 5.32. The summed E-state index contributed by atoms with van der Waals surface area (Å²) in [5, 5.41) is 2.92. The van der Waals surface area contributed by atoms with E-state index in [-0.39, 0.29) is 11.9 Å². The maximum absolute atomic E-state index is 12.0. The summed E-state index contributed by atoms with van der Waals surface area (Å²) in [7, 11) is 0. The minimum atomic E-state index is -0.575. The number of hydrogen-bond acceptors (Lipinski definition) is 4. The normalized spacial score (nSPS) is 31.6. The van der Waals surface area contributed by atoms with Crippen molar-refractivity contribution in [3.05, 3.63) is 0 Å². The highest BCUT2D eigenvalue weighted by molar-refractivity contribution is 5.83. The van der Waals surface area contributed by atoms with Crippen LogP contribution in [0.25, 0.3) is 0 Å². The van der Waals surface area contributed by atoms with Crippen molar-refractivity contribution in [3.63, 3.8) is 0 Å². The van der Waals surface area contributed by atoms with Crippen molar-refractivity contribution in [2.45, 2.75) is 32.2 Å². The second-order valence-electron chi connectivity index (χ2n) is 5.67. The highest BCUT2D eigenvalue weighted by Gasteiger charge is 2.44.